The Labute approximate surface area is 133 Å². The molecule has 0 aliphatic rings. The Morgan fingerprint density at radius 1 is 1.14 bits per heavy atom. The number of nitrogens with two attached hydrogens (primary N) is 1. The largest absolute Gasteiger partial charge is 0.352 e. The Morgan fingerprint density at radius 3 is 2.45 bits per heavy atom. The Kier molecular flexibility index (Phi) is 5.01. The fraction of sp³-hybridized carbons (Fsp3) is 0.125. The van der Waals surface area contributed by atoms with Crippen LogP contribution in [0.5, 0.6) is 0 Å². The zero-order valence-electron chi connectivity index (χ0n) is 12.0. The first-order chi connectivity index (χ1) is 10.5. The van der Waals surface area contributed by atoms with Crippen LogP contribution in [0.2, 0.25) is 5.02 Å². The molecule has 0 atom stereocenters. The molecule has 0 bridgehead atoms. The second-order valence-corrected chi connectivity index (χ2v) is 5.26. The summed E-state index contributed by atoms with van der Waals surface area (Å²) in [5.74, 6) is -0.222. The molecule has 0 fully saturated rings. The van der Waals surface area contributed by atoms with E-state index in [4.69, 9.17) is 17.3 Å². The van der Waals surface area contributed by atoms with Crippen molar-refractivity contribution >= 4 is 29.2 Å². The maximum absolute atomic E-state index is 12.2. The molecule has 2 aromatic rings. The van der Waals surface area contributed by atoms with Gasteiger partial charge in [-0.05, 0) is 42.3 Å². The Hall–Kier alpha value is -2.53. The number of anilines is 1. The number of hydrogen-bond donors (Lipinski definition) is 3. The SMILES string of the molecule is Cc1ccc(Cl)cc1NC(=O)c1ccc(CNC(N)=O)cc1. The van der Waals surface area contributed by atoms with Crippen molar-refractivity contribution in [1.29, 1.82) is 0 Å². The van der Waals surface area contributed by atoms with Crippen LogP contribution in [0, 0.1) is 6.92 Å². The lowest BCUT2D eigenvalue weighted by Gasteiger charge is -2.09. The zero-order valence-corrected chi connectivity index (χ0v) is 12.8. The van der Waals surface area contributed by atoms with Gasteiger partial charge in [0.2, 0.25) is 0 Å². The third-order valence-electron chi connectivity index (χ3n) is 3.13. The molecule has 0 spiro atoms. The summed E-state index contributed by atoms with van der Waals surface area (Å²) in [4.78, 5) is 22.9. The Balaban J connectivity index is 2.06. The minimum atomic E-state index is -0.585. The van der Waals surface area contributed by atoms with E-state index >= 15 is 0 Å². The van der Waals surface area contributed by atoms with Crippen LogP contribution in [-0.4, -0.2) is 11.9 Å². The van der Waals surface area contributed by atoms with E-state index in [2.05, 4.69) is 10.6 Å². The van der Waals surface area contributed by atoms with E-state index in [0.717, 1.165) is 11.1 Å². The maximum Gasteiger partial charge on any atom is 0.312 e. The molecule has 0 unspecified atom stereocenters. The van der Waals surface area contributed by atoms with Crippen LogP contribution in [0.1, 0.15) is 21.5 Å². The zero-order chi connectivity index (χ0) is 16.1. The summed E-state index contributed by atoms with van der Waals surface area (Å²) in [6.45, 7) is 2.22. The van der Waals surface area contributed by atoms with E-state index in [1.165, 1.54) is 0 Å². The van der Waals surface area contributed by atoms with Gasteiger partial charge in [0.25, 0.3) is 5.91 Å². The summed E-state index contributed by atoms with van der Waals surface area (Å²) in [7, 11) is 0. The van der Waals surface area contributed by atoms with Gasteiger partial charge in [0, 0.05) is 22.8 Å². The predicted molar refractivity (Wildman–Crippen MR) is 87.0 cm³/mol. The molecule has 0 saturated heterocycles. The molecule has 22 heavy (non-hydrogen) atoms. The summed E-state index contributed by atoms with van der Waals surface area (Å²) in [6, 6.07) is 11.6. The van der Waals surface area contributed by atoms with Crippen molar-refractivity contribution in [3.05, 3.63) is 64.2 Å². The molecule has 0 heterocycles. The summed E-state index contributed by atoms with van der Waals surface area (Å²) < 4.78 is 0. The van der Waals surface area contributed by atoms with E-state index in [0.29, 0.717) is 22.8 Å². The Morgan fingerprint density at radius 2 is 1.82 bits per heavy atom. The molecule has 2 rings (SSSR count). The number of carbonyl (C=O) groups is 2. The van der Waals surface area contributed by atoms with Crippen LogP contribution in [0.4, 0.5) is 10.5 Å². The molecule has 0 aliphatic carbocycles. The summed E-state index contributed by atoms with van der Waals surface area (Å²) in [5, 5.41) is 5.88. The van der Waals surface area contributed by atoms with Gasteiger partial charge >= 0.3 is 6.03 Å². The lowest BCUT2D eigenvalue weighted by molar-refractivity contribution is 0.102. The third kappa shape index (κ3) is 4.23. The maximum atomic E-state index is 12.2. The highest BCUT2D eigenvalue weighted by Gasteiger charge is 2.08. The number of rotatable bonds is 4. The van der Waals surface area contributed by atoms with Crippen molar-refractivity contribution in [2.45, 2.75) is 13.5 Å². The lowest BCUT2D eigenvalue weighted by atomic mass is 10.1. The van der Waals surface area contributed by atoms with Crippen LogP contribution in [0.25, 0.3) is 0 Å². The van der Waals surface area contributed by atoms with Gasteiger partial charge in [-0.2, -0.15) is 0 Å². The van der Waals surface area contributed by atoms with E-state index in [-0.39, 0.29) is 5.91 Å². The van der Waals surface area contributed by atoms with Crippen molar-refractivity contribution in [3.63, 3.8) is 0 Å². The summed E-state index contributed by atoms with van der Waals surface area (Å²) in [6.07, 6.45) is 0. The van der Waals surface area contributed by atoms with Crippen LogP contribution in [-0.2, 0) is 6.54 Å². The van der Waals surface area contributed by atoms with Gasteiger partial charge < -0.3 is 16.4 Å². The van der Waals surface area contributed by atoms with Crippen LogP contribution >= 0.6 is 11.6 Å². The molecule has 0 aliphatic heterocycles. The molecule has 5 nitrogen and oxygen atoms in total. The van der Waals surface area contributed by atoms with Crippen molar-refractivity contribution in [2.24, 2.45) is 5.73 Å². The first kappa shape index (κ1) is 15.9. The highest BCUT2D eigenvalue weighted by atomic mass is 35.5. The fourth-order valence-corrected chi connectivity index (χ4v) is 2.06. The van der Waals surface area contributed by atoms with E-state index in [9.17, 15) is 9.59 Å². The van der Waals surface area contributed by atoms with Crippen LogP contribution < -0.4 is 16.4 Å². The molecular formula is C16H16ClN3O2. The standard InChI is InChI=1S/C16H16ClN3O2/c1-10-2-7-13(17)8-14(10)20-15(21)12-5-3-11(4-6-12)9-19-16(18)22/h2-8H,9H2,1H3,(H,20,21)(H3,18,19,22). The minimum absolute atomic E-state index is 0.222. The molecule has 0 radical (unpaired) electrons. The third-order valence-corrected chi connectivity index (χ3v) is 3.37. The van der Waals surface area contributed by atoms with Gasteiger partial charge in [0.05, 0.1) is 0 Å². The van der Waals surface area contributed by atoms with Crippen LogP contribution in [0.3, 0.4) is 0 Å². The van der Waals surface area contributed by atoms with Crippen molar-refractivity contribution in [1.82, 2.24) is 5.32 Å². The molecule has 4 N–H and O–H groups in total. The lowest BCUT2D eigenvalue weighted by Crippen LogP contribution is -2.28. The van der Waals surface area contributed by atoms with Crippen molar-refractivity contribution < 1.29 is 9.59 Å². The second kappa shape index (κ2) is 6.95. The number of aryl methyl sites for hydroxylation is 1. The molecule has 3 amide bonds. The van der Waals surface area contributed by atoms with Crippen LogP contribution in [0.15, 0.2) is 42.5 Å². The smallest absolute Gasteiger partial charge is 0.312 e. The number of nitrogens with one attached hydrogen (secondary N) is 2. The van der Waals surface area contributed by atoms with Gasteiger partial charge in [-0.15, -0.1) is 0 Å². The Bertz CT molecular complexity index is 699. The monoisotopic (exact) mass is 317 g/mol. The number of benzene rings is 2. The number of amides is 3. The molecule has 0 saturated carbocycles. The second-order valence-electron chi connectivity index (χ2n) is 4.83. The van der Waals surface area contributed by atoms with Gasteiger partial charge in [-0.25, -0.2) is 4.79 Å². The normalized spacial score (nSPS) is 10.1. The predicted octanol–water partition coefficient (Wildman–Crippen LogP) is 3.07. The average molecular weight is 318 g/mol. The molecular weight excluding hydrogens is 302 g/mol. The molecule has 2 aromatic carbocycles. The van der Waals surface area contributed by atoms with Crippen molar-refractivity contribution in [2.75, 3.05) is 5.32 Å². The molecule has 6 heteroatoms. The quantitative estimate of drug-likeness (QED) is 0.809. The number of primary amides is 1. The van der Waals surface area contributed by atoms with E-state index in [1.54, 1.807) is 36.4 Å². The highest BCUT2D eigenvalue weighted by molar-refractivity contribution is 6.31. The fourth-order valence-electron chi connectivity index (χ4n) is 1.89. The van der Waals surface area contributed by atoms with Gasteiger partial charge in [-0.3, -0.25) is 4.79 Å². The number of urea groups is 1. The topological polar surface area (TPSA) is 84.2 Å². The van der Waals surface area contributed by atoms with Gasteiger partial charge in [0.1, 0.15) is 0 Å². The van der Waals surface area contributed by atoms with E-state index < -0.39 is 6.03 Å². The van der Waals surface area contributed by atoms with Gasteiger partial charge in [-0.1, -0.05) is 29.8 Å². The first-order valence-electron chi connectivity index (χ1n) is 6.65. The highest BCUT2D eigenvalue weighted by Crippen LogP contribution is 2.21. The van der Waals surface area contributed by atoms with Crippen molar-refractivity contribution in [3.8, 4) is 0 Å². The number of halogens is 1. The average Bonchev–Trinajstić information content (AvgIpc) is 2.49. The number of hydrogen-bond acceptors (Lipinski definition) is 2. The minimum Gasteiger partial charge on any atom is -0.352 e. The van der Waals surface area contributed by atoms with Gasteiger partial charge in [0.15, 0.2) is 0 Å². The molecule has 114 valence electrons. The first-order valence-corrected chi connectivity index (χ1v) is 7.03. The number of carbonyl (C=O) groups excluding carboxylic acids is 2. The molecule has 0 aromatic heterocycles. The summed E-state index contributed by atoms with van der Waals surface area (Å²) >= 11 is 5.93. The van der Waals surface area contributed by atoms with E-state index in [1.807, 2.05) is 13.0 Å². The summed E-state index contributed by atoms with van der Waals surface area (Å²) in [5.41, 5.74) is 7.99.